The van der Waals surface area contributed by atoms with Gasteiger partial charge in [-0.15, -0.1) is 5.10 Å². The van der Waals surface area contributed by atoms with Gasteiger partial charge in [0.1, 0.15) is 11.4 Å². The van der Waals surface area contributed by atoms with Crippen LogP contribution in [0.15, 0.2) is 64.4 Å². The Hall–Kier alpha value is -3.00. The Labute approximate surface area is 152 Å². The highest BCUT2D eigenvalue weighted by Gasteiger charge is 2.05. The third kappa shape index (κ3) is 4.98. The molecule has 3 aromatic rings. The van der Waals surface area contributed by atoms with E-state index in [0.29, 0.717) is 17.9 Å². The molecule has 0 spiro atoms. The smallest absolute Gasteiger partial charge is 0.287 e. The molecule has 126 valence electrons. The van der Waals surface area contributed by atoms with Crippen LogP contribution in [0.1, 0.15) is 21.7 Å². The van der Waals surface area contributed by atoms with Crippen LogP contribution in [-0.4, -0.2) is 32.1 Å². The molecule has 1 amide bonds. The number of amides is 1. The summed E-state index contributed by atoms with van der Waals surface area (Å²) in [7, 11) is 0. The topological polar surface area (TPSA) is 88.0 Å². The number of rotatable bonds is 6. The highest BCUT2D eigenvalue weighted by molar-refractivity contribution is 9.10. The summed E-state index contributed by atoms with van der Waals surface area (Å²) in [6, 6.07) is 11.7. The van der Waals surface area contributed by atoms with E-state index in [1.54, 1.807) is 29.1 Å². The maximum absolute atomic E-state index is 11.7. The van der Waals surface area contributed by atoms with Gasteiger partial charge in [-0.1, -0.05) is 35.5 Å². The number of nitrogens with one attached hydrogen (secondary N) is 2. The zero-order valence-corrected chi connectivity index (χ0v) is 14.7. The molecule has 0 radical (unpaired) electrons. The first-order valence-corrected chi connectivity index (χ1v) is 8.28. The lowest BCUT2D eigenvalue weighted by atomic mass is 10.2. The summed E-state index contributed by atoms with van der Waals surface area (Å²) in [6.45, 7) is 0.664. The van der Waals surface area contributed by atoms with E-state index in [4.69, 9.17) is 0 Å². The monoisotopic (exact) mass is 398 g/mol. The van der Waals surface area contributed by atoms with Crippen molar-refractivity contribution in [3.8, 4) is 0 Å². The highest BCUT2D eigenvalue weighted by atomic mass is 79.9. The van der Waals surface area contributed by atoms with Crippen LogP contribution in [0, 0.1) is 0 Å². The number of carbonyl (C=O) groups is 1. The van der Waals surface area contributed by atoms with Crippen molar-refractivity contribution in [3.05, 3.63) is 76.3 Å². The molecule has 0 fully saturated rings. The summed E-state index contributed by atoms with van der Waals surface area (Å²) in [5.41, 5.74) is 4.72. The molecule has 2 aromatic heterocycles. The molecule has 0 unspecified atom stereocenters. The Morgan fingerprint density at radius 2 is 2.20 bits per heavy atom. The maximum Gasteiger partial charge on any atom is 0.287 e. The molecule has 0 aliphatic rings. The molecule has 0 saturated carbocycles. The van der Waals surface area contributed by atoms with Crippen molar-refractivity contribution in [1.29, 1.82) is 0 Å². The van der Waals surface area contributed by atoms with Crippen molar-refractivity contribution >= 4 is 34.1 Å². The summed E-state index contributed by atoms with van der Waals surface area (Å²) in [6.07, 6.45) is 8.44. The minimum absolute atomic E-state index is 0.316. The number of H-pyrrole nitrogens is 1. The lowest BCUT2D eigenvalue weighted by molar-refractivity contribution is 0.0951. The van der Waals surface area contributed by atoms with Crippen LogP contribution in [0.2, 0.25) is 0 Å². The van der Waals surface area contributed by atoms with Crippen LogP contribution in [0.4, 0.5) is 0 Å². The molecule has 1 aromatic carbocycles. The minimum atomic E-state index is -0.316. The molecule has 0 saturated heterocycles. The van der Waals surface area contributed by atoms with Crippen LogP contribution in [-0.2, 0) is 6.54 Å². The standard InChI is InChI=1S/C17H15BrN6O/c18-14-9-16(19-10-14)17(25)22-20-8-4-7-15-12-24(23-21-15)11-13-5-2-1-3-6-13/h1-10,12,19H,11H2,(H,22,25)/b7-4+,20-8-. The second kappa shape index (κ2) is 8.20. The molecule has 2 heterocycles. The Balaban J connectivity index is 1.50. The van der Waals surface area contributed by atoms with E-state index >= 15 is 0 Å². The summed E-state index contributed by atoms with van der Waals surface area (Å²) in [5, 5.41) is 12.0. The SMILES string of the molecule is O=C(N/N=C\C=C\c1cn(Cc2ccccc2)nn1)c1cc(Br)c[nH]1. The average Bonchev–Trinajstić information content (AvgIpc) is 3.24. The molecule has 0 atom stereocenters. The van der Waals surface area contributed by atoms with E-state index in [2.05, 4.69) is 41.8 Å². The van der Waals surface area contributed by atoms with E-state index in [-0.39, 0.29) is 5.91 Å². The van der Waals surface area contributed by atoms with Crippen LogP contribution in [0.25, 0.3) is 6.08 Å². The van der Waals surface area contributed by atoms with Gasteiger partial charge >= 0.3 is 0 Å². The first kappa shape index (κ1) is 16.8. The first-order valence-electron chi connectivity index (χ1n) is 7.49. The van der Waals surface area contributed by atoms with E-state index in [9.17, 15) is 4.79 Å². The number of benzene rings is 1. The predicted octanol–water partition coefficient (Wildman–Crippen LogP) is 2.85. The predicted molar refractivity (Wildman–Crippen MR) is 99.1 cm³/mol. The molecule has 0 bridgehead atoms. The number of aromatic nitrogens is 4. The number of carbonyl (C=O) groups excluding carboxylic acids is 1. The molecular weight excluding hydrogens is 384 g/mol. The highest BCUT2D eigenvalue weighted by Crippen LogP contribution is 2.10. The van der Waals surface area contributed by atoms with Crippen LogP contribution < -0.4 is 5.43 Å². The molecule has 0 aliphatic carbocycles. The summed E-state index contributed by atoms with van der Waals surface area (Å²) < 4.78 is 2.57. The maximum atomic E-state index is 11.7. The number of hydrogen-bond donors (Lipinski definition) is 2. The van der Waals surface area contributed by atoms with Crippen molar-refractivity contribution < 1.29 is 4.79 Å². The zero-order valence-electron chi connectivity index (χ0n) is 13.1. The fourth-order valence-electron chi connectivity index (χ4n) is 2.08. The van der Waals surface area contributed by atoms with E-state index in [1.165, 1.54) is 6.21 Å². The van der Waals surface area contributed by atoms with Gasteiger partial charge in [0.05, 0.1) is 12.7 Å². The molecule has 8 heteroatoms. The lowest BCUT2D eigenvalue weighted by Gasteiger charge is -1.98. The van der Waals surface area contributed by atoms with Gasteiger partial charge in [-0.3, -0.25) is 4.79 Å². The third-order valence-electron chi connectivity index (χ3n) is 3.23. The van der Waals surface area contributed by atoms with Gasteiger partial charge in [-0.25, -0.2) is 10.1 Å². The van der Waals surface area contributed by atoms with Gasteiger partial charge in [0.25, 0.3) is 5.91 Å². The molecule has 3 rings (SSSR count). The Morgan fingerprint density at radius 1 is 1.36 bits per heavy atom. The van der Waals surface area contributed by atoms with Gasteiger partial charge in [0.2, 0.25) is 0 Å². The number of nitrogens with zero attached hydrogens (tertiary/aromatic N) is 4. The quantitative estimate of drug-likeness (QED) is 0.494. The van der Waals surface area contributed by atoms with Gasteiger partial charge in [-0.2, -0.15) is 5.10 Å². The number of aromatic amines is 1. The lowest BCUT2D eigenvalue weighted by Crippen LogP contribution is -2.17. The van der Waals surface area contributed by atoms with Crippen molar-refractivity contribution in [2.75, 3.05) is 0 Å². The zero-order chi connectivity index (χ0) is 17.5. The molecule has 25 heavy (non-hydrogen) atoms. The van der Waals surface area contributed by atoms with Crippen molar-refractivity contribution in [1.82, 2.24) is 25.4 Å². The van der Waals surface area contributed by atoms with Crippen LogP contribution >= 0.6 is 15.9 Å². The molecule has 2 N–H and O–H groups in total. The largest absolute Gasteiger partial charge is 0.356 e. The summed E-state index contributed by atoms with van der Waals surface area (Å²) in [5.74, 6) is -0.316. The van der Waals surface area contributed by atoms with Crippen LogP contribution in [0.5, 0.6) is 0 Å². The van der Waals surface area contributed by atoms with Crippen molar-refractivity contribution in [3.63, 3.8) is 0 Å². The normalized spacial score (nSPS) is 11.4. The average molecular weight is 399 g/mol. The van der Waals surface area contributed by atoms with E-state index < -0.39 is 0 Å². The van der Waals surface area contributed by atoms with E-state index in [0.717, 1.165) is 10.0 Å². The van der Waals surface area contributed by atoms with Gasteiger partial charge in [-0.05, 0) is 39.7 Å². The molecular formula is C17H15BrN6O. The minimum Gasteiger partial charge on any atom is -0.356 e. The Bertz CT molecular complexity index is 897. The third-order valence-corrected chi connectivity index (χ3v) is 3.69. The Morgan fingerprint density at radius 3 is 2.96 bits per heavy atom. The fourth-order valence-corrected chi connectivity index (χ4v) is 2.42. The van der Waals surface area contributed by atoms with Gasteiger partial charge in [0, 0.05) is 16.9 Å². The molecule has 7 nitrogen and oxygen atoms in total. The second-order valence-corrected chi connectivity index (χ2v) is 6.05. The number of allylic oxidation sites excluding steroid dienone is 1. The van der Waals surface area contributed by atoms with Crippen molar-refractivity contribution in [2.24, 2.45) is 5.10 Å². The fraction of sp³-hybridized carbons (Fsp3) is 0.0588. The summed E-state index contributed by atoms with van der Waals surface area (Å²) >= 11 is 3.27. The van der Waals surface area contributed by atoms with Crippen LogP contribution in [0.3, 0.4) is 0 Å². The van der Waals surface area contributed by atoms with Gasteiger partial charge in [0.15, 0.2) is 0 Å². The number of halogens is 1. The van der Waals surface area contributed by atoms with E-state index in [1.807, 2.05) is 36.5 Å². The van der Waals surface area contributed by atoms with Crippen molar-refractivity contribution in [2.45, 2.75) is 6.54 Å². The first-order chi connectivity index (χ1) is 12.2. The van der Waals surface area contributed by atoms with Gasteiger partial charge < -0.3 is 4.98 Å². The number of hydrogen-bond acceptors (Lipinski definition) is 4. The summed E-state index contributed by atoms with van der Waals surface area (Å²) in [4.78, 5) is 14.6. The second-order valence-electron chi connectivity index (χ2n) is 5.14. The Kier molecular flexibility index (Phi) is 5.53. The number of hydrazone groups is 1. The molecule has 0 aliphatic heterocycles.